The van der Waals surface area contributed by atoms with E-state index in [1.807, 2.05) is 0 Å². The van der Waals surface area contributed by atoms with Gasteiger partial charge in [0, 0.05) is 5.92 Å². The highest BCUT2D eigenvalue weighted by molar-refractivity contribution is 5.80. The molecule has 2 fully saturated rings. The monoisotopic (exact) mass is 171 g/mol. The lowest BCUT2D eigenvalue weighted by Gasteiger charge is -2.26. The number of hydrogen-bond acceptors (Lipinski definition) is 3. The van der Waals surface area contributed by atoms with Crippen LogP contribution >= 0.6 is 0 Å². The van der Waals surface area contributed by atoms with Crippen LogP contribution in [0.1, 0.15) is 19.3 Å². The molecule has 0 aromatic rings. The number of hydrogen-bond donors (Lipinski definition) is 1. The number of aliphatic hydroxyl groups is 1. The number of rotatable bonds is 1. The Labute approximate surface area is 71.1 Å². The van der Waals surface area contributed by atoms with Crippen molar-refractivity contribution >= 4 is 5.91 Å². The Hall–Kier alpha value is -0.610. The Balaban J connectivity index is 2.20. The second-order valence-electron chi connectivity index (χ2n) is 3.49. The van der Waals surface area contributed by atoms with E-state index in [2.05, 4.69) is 0 Å². The van der Waals surface area contributed by atoms with E-state index in [1.165, 1.54) is 12.2 Å². The molecule has 4 nitrogen and oxygen atoms in total. The minimum absolute atomic E-state index is 0.0408. The van der Waals surface area contributed by atoms with Gasteiger partial charge in [-0.05, 0) is 19.3 Å². The van der Waals surface area contributed by atoms with E-state index in [0.29, 0.717) is 0 Å². The fraction of sp³-hybridized carbons (Fsp3) is 0.875. The van der Waals surface area contributed by atoms with Gasteiger partial charge in [-0.3, -0.25) is 9.63 Å². The van der Waals surface area contributed by atoms with Gasteiger partial charge in [0.2, 0.25) is 5.91 Å². The quantitative estimate of drug-likeness (QED) is 0.600. The van der Waals surface area contributed by atoms with Gasteiger partial charge in [0.15, 0.2) is 0 Å². The molecule has 12 heavy (non-hydrogen) atoms. The fourth-order valence-electron chi connectivity index (χ4n) is 2.18. The summed E-state index contributed by atoms with van der Waals surface area (Å²) < 4.78 is 0. The van der Waals surface area contributed by atoms with Gasteiger partial charge in [0.1, 0.15) is 0 Å². The summed E-state index contributed by atoms with van der Waals surface area (Å²) in [4.78, 5) is 16.4. The molecule has 4 heteroatoms. The van der Waals surface area contributed by atoms with Crippen LogP contribution in [0.25, 0.3) is 0 Å². The summed E-state index contributed by atoms with van der Waals surface area (Å²) in [6, 6.07) is -0.0961. The smallest absolute Gasteiger partial charge is 0.249 e. The molecule has 0 radical (unpaired) electrons. The number of hydroxylamine groups is 2. The molecule has 0 aromatic heterocycles. The average Bonchev–Trinajstić information content (AvgIpc) is 2.34. The highest BCUT2D eigenvalue weighted by Gasteiger charge is 2.46. The van der Waals surface area contributed by atoms with Crippen molar-refractivity contribution in [3.63, 3.8) is 0 Å². The van der Waals surface area contributed by atoms with E-state index in [-0.39, 0.29) is 17.9 Å². The summed E-state index contributed by atoms with van der Waals surface area (Å²) in [6.45, 7) is 0. The molecule has 2 rings (SSSR count). The Kier molecular flexibility index (Phi) is 1.81. The van der Waals surface area contributed by atoms with Crippen molar-refractivity contribution in [1.29, 1.82) is 0 Å². The van der Waals surface area contributed by atoms with Gasteiger partial charge in [-0.25, -0.2) is 5.06 Å². The Bertz CT molecular complexity index is 206. The first-order chi connectivity index (χ1) is 5.74. The van der Waals surface area contributed by atoms with Crippen LogP contribution in [0.3, 0.4) is 0 Å². The van der Waals surface area contributed by atoms with Crippen molar-refractivity contribution < 1.29 is 14.7 Å². The van der Waals surface area contributed by atoms with Gasteiger partial charge in [0.25, 0.3) is 0 Å². The van der Waals surface area contributed by atoms with Gasteiger partial charge >= 0.3 is 0 Å². The van der Waals surface area contributed by atoms with Gasteiger partial charge in [-0.1, -0.05) is 0 Å². The largest absolute Gasteiger partial charge is 0.391 e. The van der Waals surface area contributed by atoms with Crippen molar-refractivity contribution in [3.8, 4) is 0 Å². The molecule has 68 valence electrons. The number of carbonyl (C=O) groups excluding carboxylic acids is 1. The third-order valence-electron chi connectivity index (χ3n) is 2.85. The highest BCUT2D eigenvalue weighted by Crippen LogP contribution is 2.36. The minimum atomic E-state index is -0.396. The number of carbonyl (C=O) groups is 1. The first-order valence-corrected chi connectivity index (χ1v) is 4.29. The molecule has 0 aromatic carbocycles. The summed E-state index contributed by atoms with van der Waals surface area (Å²) >= 11 is 0. The number of fused-ring (bicyclic) bond motifs is 2. The second kappa shape index (κ2) is 2.71. The number of aliphatic hydroxyl groups excluding tert-OH is 1. The van der Waals surface area contributed by atoms with E-state index < -0.39 is 6.10 Å². The number of nitrogens with zero attached hydrogens (tertiary/aromatic N) is 1. The lowest BCUT2D eigenvalue weighted by atomic mass is 9.88. The van der Waals surface area contributed by atoms with E-state index in [1.54, 1.807) is 0 Å². The zero-order valence-electron chi connectivity index (χ0n) is 7.06. The van der Waals surface area contributed by atoms with Gasteiger partial charge in [-0.2, -0.15) is 0 Å². The van der Waals surface area contributed by atoms with Crippen molar-refractivity contribution in [2.24, 2.45) is 5.92 Å². The summed E-state index contributed by atoms with van der Waals surface area (Å²) in [5.41, 5.74) is 0. The third-order valence-corrected chi connectivity index (χ3v) is 2.85. The predicted molar refractivity (Wildman–Crippen MR) is 41.0 cm³/mol. The van der Waals surface area contributed by atoms with Gasteiger partial charge in [-0.15, -0.1) is 0 Å². The lowest BCUT2D eigenvalue weighted by Crippen LogP contribution is -2.39. The average molecular weight is 171 g/mol. The molecular weight excluding hydrogens is 158 g/mol. The van der Waals surface area contributed by atoms with Crippen LogP contribution in [0.4, 0.5) is 0 Å². The Morgan fingerprint density at radius 2 is 2.33 bits per heavy atom. The standard InChI is InChI=1S/C8H13NO3/c1-12-9-6-4-5(8(9)11)2-3-7(6)10/h5-7,10H,2-4H2,1H3. The van der Waals surface area contributed by atoms with Crippen molar-refractivity contribution in [2.45, 2.75) is 31.4 Å². The summed E-state index contributed by atoms with van der Waals surface area (Å²) in [6.07, 6.45) is 1.89. The molecule has 1 N–H and O–H groups in total. The molecule has 1 saturated carbocycles. The molecule has 3 atom stereocenters. The molecule has 0 spiro atoms. The summed E-state index contributed by atoms with van der Waals surface area (Å²) in [5.74, 6) is 0.136. The summed E-state index contributed by atoms with van der Waals surface area (Å²) in [7, 11) is 1.48. The van der Waals surface area contributed by atoms with Crippen molar-refractivity contribution in [2.75, 3.05) is 7.11 Å². The molecule has 2 aliphatic rings. The van der Waals surface area contributed by atoms with Crippen LogP contribution in [-0.4, -0.2) is 35.3 Å². The maximum Gasteiger partial charge on any atom is 0.249 e. The van der Waals surface area contributed by atoms with Crippen LogP contribution in [0, 0.1) is 5.92 Å². The van der Waals surface area contributed by atoms with Crippen molar-refractivity contribution in [3.05, 3.63) is 0 Å². The fourth-order valence-corrected chi connectivity index (χ4v) is 2.18. The minimum Gasteiger partial charge on any atom is -0.391 e. The van der Waals surface area contributed by atoms with E-state index in [0.717, 1.165) is 19.3 Å². The second-order valence-corrected chi connectivity index (χ2v) is 3.49. The molecule has 1 aliphatic heterocycles. The zero-order chi connectivity index (χ0) is 8.72. The normalized spacial score (nSPS) is 40.7. The maximum absolute atomic E-state index is 11.5. The highest BCUT2D eigenvalue weighted by atomic mass is 16.7. The van der Waals surface area contributed by atoms with Crippen LogP contribution in [-0.2, 0) is 9.63 Å². The van der Waals surface area contributed by atoms with E-state index in [9.17, 15) is 9.90 Å². The predicted octanol–water partition coefficient (Wildman–Crippen LogP) is -0.0804. The Morgan fingerprint density at radius 3 is 3.00 bits per heavy atom. The SMILES string of the molecule is CON1C(=O)C2CCC(O)C1C2. The first-order valence-electron chi connectivity index (χ1n) is 4.29. The van der Waals surface area contributed by atoms with E-state index >= 15 is 0 Å². The lowest BCUT2D eigenvalue weighted by molar-refractivity contribution is -0.185. The first kappa shape index (κ1) is 8.01. The van der Waals surface area contributed by atoms with Crippen molar-refractivity contribution in [1.82, 2.24) is 5.06 Å². The molecule has 3 unspecified atom stereocenters. The van der Waals surface area contributed by atoms with Crippen LogP contribution < -0.4 is 0 Å². The maximum atomic E-state index is 11.5. The van der Waals surface area contributed by atoms with E-state index in [4.69, 9.17) is 4.84 Å². The van der Waals surface area contributed by atoms with Gasteiger partial charge in [0.05, 0.1) is 19.3 Å². The molecule has 2 bridgehead atoms. The summed E-state index contributed by atoms with van der Waals surface area (Å²) in [5, 5.41) is 10.9. The Morgan fingerprint density at radius 1 is 1.58 bits per heavy atom. The third kappa shape index (κ3) is 0.949. The molecule has 1 amide bonds. The van der Waals surface area contributed by atoms with Gasteiger partial charge < -0.3 is 5.11 Å². The zero-order valence-corrected chi connectivity index (χ0v) is 7.06. The molecule has 1 aliphatic carbocycles. The topological polar surface area (TPSA) is 49.8 Å². The molecule has 1 heterocycles. The number of amides is 1. The van der Waals surface area contributed by atoms with Crippen LogP contribution in [0.2, 0.25) is 0 Å². The molecule has 1 saturated heterocycles. The van der Waals surface area contributed by atoms with Crippen LogP contribution in [0.5, 0.6) is 0 Å². The van der Waals surface area contributed by atoms with Crippen LogP contribution in [0.15, 0.2) is 0 Å². The molecular formula is C8H13NO3.